The molecular formula is C18H24N4O2. The lowest BCUT2D eigenvalue weighted by Gasteiger charge is -2.26. The molecule has 0 spiro atoms. The average Bonchev–Trinajstić information content (AvgIpc) is 2.99. The van der Waals surface area contributed by atoms with Crippen molar-refractivity contribution < 1.29 is 9.53 Å². The number of hydrogen-bond donors (Lipinski definition) is 1. The zero-order valence-corrected chi connectivity index (χ0v) is 14.7. The predicted molar refractivity (Wildman–Crippen MR) is 94.4 cm³/mol. The number of rotatable bonds is 3. The minimum atomic E-state index is -0.388. The molecule has 0 aliphatic carbocycles. The van der Waals surface area contributed by atoms with Crippen LogP contribution in [-0.2, 0) is 4.74 Å². The van der Waals surface area contributed by atoms with Gasteiger partial charge in [0.15, 0.2) is 0 Å². The number of ether oxygens (including phenoxy) is 1. The number of carbonyl (C=O) groups is 1. The van der Waals surface area contributed by atoms with Crippen molar-refractivity contribution in [1.29, 1.82) is 0 Å². The van der Waals surface area contributed by atoms with Crippen molar-refractivity contribution in [3.05, 3.63) is 30.0 Å². The highest BCUT2D eigenvalue weighted by atomic mass is 16.5. The summed E-state index contributed by atoms with van der Waals surface area (Å²) in [6.45, 7) is 8.42. The maximum absolute atomic E-state index is 12.0. The number of methoxy groups -OCH3 is 1. The number of anilines is 1. The van der Waals surface area contributed by atoms with Gasteiger partial charge >= 0.3 is 5.97 Å². The number of carbonyl (C=O) groups excluding carboxylic acids is 1. The molecule has 1 aliphatic rings. The van der Waals surface area contributed by atoms with Crippen LogP contribution in [0, 0.1) is 0 Å². The van der Waals surface area contributed by atoms with Crippen molar-refractivity contribution >= 4 is 22.6 Å². The van der Waals surface area contributed by atoms with Gasteiger partial charge in [-0.1, -0.05) is 12.1 Å². The number of aromatic nitrogens is 2. The van der Waals surface area contributed by atoms with Crippen molar-refractivity contribution in [2.75, 3.05) is 25.1 Å². The maximum Gasteiger partial charge on any atom is 0.340 e. The monoisotopic (exact) mass is 328 g/mol. The lowest BCUT2D eigenvalue weighted by atomic mass is 10.1. The first-order valence-corrected chi connectivity index (χ1v) is 8.24. The van der Waals surface area contributed by atoms with E-state index in [-0.39, 0.29) is 11.5 Å². The van der Waals surface area contributed by atoms with Crippen LogP contribution in [0.3, 0.4) is 0 Å². The zero-order valence-electron chi connectivity index (χ0n) is 14.7. The fraction of sp³-hybridized carbons (Fsp3) is 0.500. The second kappa shape index (κ2) is 6.36. The van der Waals surface area contributed by atoms with Gasteiger partial charge in [0.2, 0.25) is 0 Å². The first kappa shape index (κ1) is 16.6. The SMILES string of the molecule is COC(=O)c1cccc2c(N3CCC(NC(C)(C)C)C3)cnnc12. The number of nitrogens with one attached hydrogen (secondary N) is 1. The highest BCUT2D eigenvalue weighted by molar-refractivity contribution is 6.05. The van der Waals surface area contributed by atoms with E-state index in [4.69, 9.17) is 4.74 Å². The van der Waals surface area contributed by atoms with E-state index in [1.54, 1.807) is 12.3 Å². The van der Waals surface area contributed by atoms with Crippen LogP contribution in [0.5, 0.6) is 0 Å². The molecule has 0 saturated carbocycles. The summed E-state index contributed by atoms with van der Waals surface area (Å²) in [6, 6.07) is 6.01. The summed E-state index contributed by atoms with van der Waals surface area (Å²) < 4.78 is 4.85. The Morgan fingerprint density at radius 2 is 2.17 bits per heavy atom. The van der Waals surface area contributed by atoms with Gasteiger partial charge in [-0.3, -0.25) is 0 Å². The van der Waals surface area contributed by atoms with Gasteiger partial charge in [-0.2, -0.15) is 5.10 Å². The Morgan fingerprint density at radius 1 is 1.38 bits per heavy atom. The lowest BCUT2D eigenvalue weighted by molar-refractivity contribution is 0.0602. The maximum atomic E-state index is 12.0. The van der Waals surface area contributed by atoms with Gasteiger partial charge in [0.1, 0.15) is 5.52 Å². The third-order valence-electron chi connectivity index (χ3n) is 4.22. The van der Waals surface area contributed by atoms with Gasteiger partial charge in [0.25, 0.3) is 0 Å². The van der Waals surface area contributed by atoms with Crippen molar-refractivity contribution in [2.45, 2.75) is 38.8 Å². The minimum absolute atomic E-state index is 0.0945. The molecule has 128 valence electrons. The Bertz CT molecular complexity index is 754. The second-order valence-corrected chi connectivity index (χ2v) is 7.25. The summed E-state index contributed by atoms with van der Waals surface area (Å²) in [7, 11) is 1.38. The summed E-state index contributed by atoms with van der Waals surface area (Å²) >= 11 is 0. The highest BCUT2D eigenvalue weighted by Crippen LogP contribution is 2.29. The standard InChI is InChI=1S/C18H24N4O2/c1-18(2,3)20-12-8-9-22(11-12)15-10-19-21-16-13(15)6-5-7-14(16)17(23)24-4/h5-7,10,12,20H,8-9,11H2,1-4H3. The molecule has 3 rings (SSSR count). The Hall–Kier alpha value is -2.21. The van der Waals surface area contributed by atoms with E-state index in [2.05, 4.69) is 41.2 Å². The molecule has 1 atom stereocenters. The lowest BCUT2D eigenvalue weighted by Crippen LogP contribution is -2.44. The summed E-state index contributed by atoms with van der Waals surface area (Å²) in [5, 5.41) is 12.9. The molecule has 1 N–H and O–H groups in total. The number of benzene rings is 1. The number of esters is 1. The van der Waals surface area contributed by atoms with Crippen molar-refractivity contribution in [1.82, 2.24) is 15.5 Å². The van der Waals surface area contributed by atoms with Crippen LogP contribution < -0.4 is 10.2 Å². The smallest absolute Gasteiger partial charge is 0.340 e. The van der Waals surface area contributed by atoms with E-state index in [0.717, 1.165) is 30.6 Å². The fourth-order valence-corrected chi connectivity index (χ4v) is 3.30. The van der Waals surface area contributed by atoms with E-state index in [9.17, 15) is 4.79 Å². The number of nitrogens with zero attached hydrogens (tertiary/aromatic N) is 3. The summed E-state index contributed by atoms with van der Waals surface area (Å²) in [4.78, 5) is 14.3. The third-order valence-corrected chi connectivity index (χ3v) is 4.22. The fourth-order valence-electron chi connectivity index (χ4n) is 3.30. The van der Waals surface area contributed by atoms with Crippen LogP contribution in [0.4, 0.5) is 5.69 Å². The van der Waals surface area contributed by atoms with Crippen LogP contribution in [0.2, 0.25) is 0 Å². The van der Waals surface area contributed by atoms with Gasteiger partial charge < -0.3 is 15.0 Å². The Morgan fingerprint density at radius 3 is 2.88 bits per heavy atom. The van der Waals surface area contributed by atoms with Gasteiger partial charge in [-0.05, 0) is 33.3 Å². The topological polar surface area (TPSA) is 67.3 Å². The van der Waals surface area contributed by atoms with E-state index in [1.165, 1.54) is 7.11 Å². The zero-order chi connectivity index (χ0) is 17.3. The van der Waals surface area contributed by atoms with Crippen molar-refractivity contribution in [3.8, 4) is 0 Å². The normalized spacial score (nSPS) is 18.2. The molecule has 2 aromatic rings. The molecule has 1 unspecified atom stereocenters. The first-order chi connectivity index (χ1) is 11.4. The molecule has 1 aromatic heterocycles. The molecule has 1 fully saturated rings. The van der Waals surface area contributed by atoms with E-state index >= 15 is 0 Å². The second-order valence-electron chi connectivity index (χ2n) is 7.25. The van der Waals surface area contributed by atoms with Gasteiger partial charge in [0, 0.05) is 30.1 Å². The van der Waals surface area contributed by atoms with Crippen LogP contribution in [-0.4, -0.2) is 47.9 Å². The molecule has 0 amide bonds. The predicted octanol–water partition coefficient (Wildman–Crippen LogP) is 2.38. The molecule has 0 radical (unpaired) electrons. The molecule has 1 saturated heterocycles. The number of hydrogen-bond acceptors (Lipinski definition) is 6. The average molecular weight is 328 g/mol. The highest BCUT2D eigenvalue weighted by Gasteiger charge is 2.27. The van der Waals surface area contributed by atoms with Crippen molar-refractivity contribution in [3.63, 3.8) is 0 Å². The Balaban J connectivity index is 1.92. The summed E-state index contributed by atoms with van der Waals surface area (Å²) in [6.07, 6.45) is 2.86. The minimum Gasteiger partial charge on any atom is -0.465 e. The van der Waals surface area contributed by atoms with Crippen molar-refractivity contribution in [2.24, 2.45) is 0 Å². The molecule has 1 aliphatic heterocycles. The first-order valence-electron chi connectivity index (χ1n) is 8.24. The third kappa shape index (κ3) is 3.33. The van der Waals surface area contributed by atoms with Crippen LogP contribution in [0.15, 0.2) is 24.4 Å². The van der Waals surface area contributed by atoms with E-state index < -0.39 is 0 Å². The van der Waals surface area contributed by atoms with Crippen LogP contribution in [0.1, 0.15) is 37.6 Å². The quantitative estimate of drug-likeness (QED) is 0.873. The summed E-state index contributed by atoms with van der Waals surface area (Å²) in [5.74, 6) is -0.388. The van der Waals surface area contributed by atoms with Crippen LogP contribution in [0.25, 0.3) is 10.9 Å². The van der Waals surface area contributed by atoms with E-state index in [0.29, 0.717) is 17.1 Å². The Kier molecular flexibility index (Phi) is 4.41. The molecular weight excluding hydrogens is 304 g/mol. The molecule has 2 heterocycles. The molecule has 0 bridgehead atoms. The molecule has 24 heavy (non-hydrogen) atoms. The molecule has 6 heteroatoms. The van der Waals surface area contributed by atoms with Gasteiger partial charge in [-0.15, -0.1) is 5.10 Å². The molecule has 6 nitrogen and oxygen atoms in total. The Labute approximate surface area is 142 Å². The van der Waals surface area contributed by atoms with E-state index in [1.807, 2.05) is 12.1 Å². The van der Waals surface area contributed by atoms with Crippen LogP contribution >= 0.6 is 0 Å². The largest absolute Gasteiger partial charge is 0.465 e. The summed E-state index contributed by atoms with van der Waals surface area (Å²) in [5.41, 5.74) is 2.16. The van der Waals surface area contributed by atoms with Gasteiger partial charge in [-0.25, -0.2) is 4.79 Å². The number of fused-ring (bicyclic) bond motifs is 1. The molecule has 1 aromatic carbocycles. The van der Waals surface area contributed by atoms with Gasteiger partial charge in [0.05, 0.1) is 24.6 Å².